The number of halogens is 1. The lowest BCUT2D eigenvalue weighted by atomic mass is 10.1. The van der Waals surface area contributed by atoms with Gasteiger partial charge in [0.15, 0.2) is 0 Å². The quantitative estimate of drug-likeness (QED) is 0.757. The third-order valence-corrected chi connectivity index (χ3v) is 4.17. The summed E-state index contributed by atoms with van der Waals surface area (Å²) in [5.74, 6) is 0.627. The fourth-order valence-corrected chi connectivity index (χ4v) is 2.93. The summed E-state index contributed by atoms with van der Waals surface area (Å²) in [6.07, 6.45) is 1.84. The number of hydrogen-bond donors (Lipinski definition) is 0. The van der Waals surface area contributed by atoms with Crippen molar-refractivity contribution in [2.75, 3.05) is 12.1 Å². The molecule has 4 nitrogen and oxygen atoms in total. The van der Waals surface area contributed by atoms with Gasteiger partial charge in [-0.05, 0) is 58.8 Å². The van der Waals surface area contributed by atoms with E-state index in [1.54, 1.807) is 7.11 Å². The average molecular weight is 371 g/mol. The van der Waals surface area contributed by atoms with Gasteiger partial charge in [0, 0.05) is 0 Å². The lowest BCUT2D eigenvalue weighted by Gasteiger charge is -2.11. The van der Waals surface area contributed by atoms with Gasteiger partial charge in [-0.2, -0.15) is 10.1 Å². The van der Waals surface area contributed by atoms with Crippen LogP contribution in [0, 0.1) is 0 Å². The van der Waals surface area contributed by atoms with Crippen molar-refractivity contribution in [3.63, 3.8) is 0 Å². The number of amides is 1. The van der Waals surface area contributed by atoms with Gasteiger partial charge in [-0.1, -0.05) is 24.3 Å². The lowest BCUT2D eigenvalue weighted by Crippen LogP contribution is -2.21. The zero-order valence-electron chi connectivity index (χ0n) is 12.8. The number of anilines is 1. The van der Waals surface area contributed by atoms with Crippen molar-refractivity contribution in [1.82, 2.24) is 0 Å². The van der Waals surface area contributed by atoms with Crippen LogP contribution in [0.5, 0.6) is 5.75 Å². The number of para-hydroxylation sites is 1. The van der Waals surface area contributed by atoms with E-state index in [9.17, 15) is 4.79 Å². The molecule has 3 rings (SSSR count). The maximum absolute atomic E-state index is 12.6. The summed E-state index contributed by atoms with van der Waals surface area (Å²) in [6, 6.07) is 15.1. The monoisotopic (exact) mass is 370 g/mol. The summed E-state index contributed by atoms with van der Waals surface area (Å²) in [4.78, 5) is 12.6. The van der Waals surface area contributed by atoms with E-state index in [4.69, 9.17) is 4.74 Å². The van der Waals surface area contributed by atoms with Crippen molar-refractivity contribution >= 4 is 39.3 Å². The second-order valence-corrected chi connectivity index (χ2v) is 5.94. The van der Waals surface area contributed by atoms with Crippen LogP contribution < -0.4 is 9.75 Å². The topological polar surface area (TPSA) is 41.9 Å². The second kappa shape index (κ2) is 6.38. The summed E-state index contributed by atoms with van der Waals surface area (Å²) in [5.41, 5.74) is 2.96. The van der Waals surface area contributed by atoms with Crippen molar-refractivity contribution in [3.05, 3.63) is 64.1 Å². The third-order valence-electron chi connectivity index (χ3n) is 3.55. The number of benzene rings is 2. The van der Waals surface area contributed by atoms with E-state index >= 15 is 0 Å². The van der Waals surface area contributed by atoms with Crippen molar-refractivity contribution in [2.45, 2.75) is 6.92 Å². The van der Waals surface area contributed by atoms with E-state index in [0.717, 1.165) is 21.5 Å². The lowest BCUT2D eigenvalue weighted by molar-refractivity contribution is -0.114. The predicted octanol–water partition coefficient (Wildman–Crippen LogP) is 4.26. The number of carbonyl (C=O) groups excluding carboxylic acids is 1. The van der Waals surface area contributed by atoms with Gasteiger partial charge in [-0.3, -0.25) is 4.79 Å². The van der Waals surface area contributed by atoms with Crippen molar-refractivity contribution in [2.24, 2.45) is 5.10 Å². The van der Waals surface area contributed by atoms with Crippen LogP contribution in [-0.2, 0) is 4.79 Å². The predicted molar refractivity (Wildman–Crippen MR) is 95.7 cm³/mol. The highest BCUT2D eigenvalue weighted by Crippen LogP contribution is 2.28. The molecule has 0 spiro atoms. The number of hydrogen-bond acceptors (Lipinski definition) is 3. The summed E-state index contributed by atoms with van der Waals surface area (Å²) in [6.45, 7) is 1.84. The molecule has 116 valence electrons. The first kappa shape index (κ1) is 15.5. The molecule has 23 heavy (non-hydrogen) atoms. The number of hydrazone groups is 1. The van der Waals surface area contributed by atoms with Gasteiger partial charge < -0.3 is 4.74 Å². The summed E-state index contributed by atoms with van der Waals surface area (Å²) >= 11 is 3.46. The molecule has 1 aliphatic heterocycles. The Morgan fingerprint density at radius 3 is 2.57 bits per heavy atom. The second-order valence-electron chi connectivity index (χ2n) is 5.09. The van der Waals surface area contributed by atoms with Crippen LogP contribution in [0.15, 0.2) is 63.7 Å². The smallest absolute Gasteiger partial charge is 0.280 e. The fourth-order valence-electron chi connectivity index (χ4n) is 2.37. The van der Waals surface area contributed by atoms with Crippen LogP contribution in [0.25, 0.3) is 6.08 Å². The first-order chi connectivity index (χ1) is 11.1. The Labute approximate surface area is 143 Å². The molecule has 5 heteroatoms. The normalized spacial score (nSPS) is 16.0. The Kier molecular flexibility index (Phi) is 4.30. The third kappa shape index (κ3) is 3.05. The van der Waals surface area contributed by atoms with Gasteiger partial charge in [-0.25, -0.2) is 0 Å². The first-order valence-electron chi connectivity index (χ1n) is 7.10. The van der Waals surface area contributed by atoms with E-state index in [1.165, 1.54) is 5.01 Å². The maximum Gasteiger partial charge on any atom is 0.280 e. The molecule has 0 saturated carbocycles. The number of rotatable bonds is 3. The average Bonchev–Trinajstić information content (AvgIpc) is 2.84. The minimum atomic E-state index is -0.124. The van der Waals surface area contributed by atoms with E-state index in [2.05, 4.69) is 21.0 Å². The summed E-state index contributed by atoms with van der Waals surface area (Å²) in [7, 11) is 1.62. The zero-order chi connectivity index (χ0) is 16.4. The molecule has 1 heterocycles. The minimum absolute atomic E-state index is 0.124. The Bertz CT molecular complexity index is 813. The van der Waals surface area contributed by atoms with Gasteiger partial charge in [-0.15, -0.1) is 0 Å². The number of carbonyl (C=O) groups is 1. The Balaban J connectivity index is 1.94. The molecule has 0 atom stereocenters. The first-order valence-corrected chi connectivity index (χ1v) is 7.90. The SMILES string of the molecule is COc1ccc(/C=C2\C(=O)N(c3ccccc3)N=C2C)cc1Br. The molecule has 0 radical (unpaired) electrons. The van der Waals surface area contributed by atoms with E-state index in [1.807, 2.05) is 61.5 Å². The summed E-state index contributed by atoms with van der Waals surface area (Å²) < 4.78 is 6.06. The molecule has 0 aliphatic carbocycles. The van der Waals surface area contributed by atoms with Crippen LogP contribution in [0.1, 0.15) is 12.5 Å². The molecule has 2 aromatic rings. The van der Waals surface area contributed by atoms with E-state index < -0.39 is 0 Å². The van der Waals surface area contributed by atoms with Crippen LogP contribution in [0.4, 0.5) is 5.69 Å². The molecule has 1 aliphatic rings. The van der Waals surface area contributed by atoms with Gasteiger partial charge in [0.1, 0.15) is 5.75 Å². The van der Waals surface area contributed by atoms with Crippen LogP contribution >= 0.6 is 15.9 Å². The van der Waals surface area contributed by atoms with Crippen LogP contribution in [0.2, 0.25) is 0 Å². The molecular formula is C18H15BrN2O2. The Hall–Kier alpha value is -2.40. The highest BCUT2D eigenvalue weighted by molar-refractivity contribution is 9.10. The molecule has 0 unspecified atom stereocenters. The standard InChI is InChI=1S/C18H15BrN2O2/c1-12-15(10-13-8-9-17(23-2)16(19)11-13)18(22)21(20-12)14-6-4-3-5-7-14/h3-11H,1-2H3/b15-10-. The van der Waals surface area contributed by atoms with Crippen LogP contribution in [-0.4, -0.2) is 18.7 Å². The maximum atomic E-state index is 12.6. The number of methoxy groups -OCH3 is 1. The van der Waals surface area contributed by atoms with Crippen molar-refractivity contribution < 1.29 is 9.53 Å². The van der Waals surface area contributed by atoms with Gasteiger partial charge in [0.05, 0.1) is 28.6 Å². The number of nitrogens with zero attached hydrogens (tertiary/aromatic N) is 2. The highest BCUT2D eigenvalue weighted by Gasteiger charge is 2.28. The van der Waals surface area contributed by atoms with E-state index in [-0.39, 0.29) is 5.91 Å². The zero-order valence-corrected chi connectivity index (χ0v) is 14.4. The summed E-state index contributed by atoms with van der Waals surface area (Å²) in [5, 5.41) is 5.80. The van der Waals surface area contributed by atoms with Crippen molar-refractivity contribution in [3.8, 4) is 5.75 Å². The molecule has 0 fully saturated rings. The largest absolute Gasteiger partial charge is 0.496 e. The number of ether oxygens (including phenoxy) is 1. The molecule has 1 amide bonds. The fraction of sp³-hybridized carbons (Fsp3) is 0.111. The molecule has 0 bridgehead atoms. The minimum Gasteiger partial charge on any atom is -0.496 e. The molecule has 2 aromatic carbocycles. The molecule has 0 saturated heterocycles. The van der Waals surface area contributed by atoms with Crippen LogP contribution in [0.3, 0.4) is 0 Å². The molecule has 0 aromatic heterocycles. The highest BCUT2D eigenvalue weighted by atomic mass is 79.9. The van der Waals surface area contributed by atoms with Gasteiger partial charge >= 0.3 is 0 Å². The van der Waals surface area contributed by atoms with E-state index in [0.29, 0.717) is 11.3 Å². The van der Waals surface area contributed by atoms with Crippen molar-refractivity contribution in [1.29, 1.82) is 0 Å². The molecule has 0 N–H and O–H groups in total. The Morgan fingerprint density at radius 2 is 1.91 bits per heavy atom. The van der Waals surface area contributed by atoms with Gasteiger partial charge in [0.25, 0.3) is 5.91 Å². The van der Waals surface area contributed by atoms with Gasteiger partial charge in [0.2, 0.25) is 0 Å². The molecular weight excluding hydrogens is 356 g/mol. The Morgan fingerprint density at radius 1 is 1.17 bits per heavy atom.